The standard InChI is InChI=1S/C40H49N11O5/c1-3-31-36-27(18-43-51(36)25-20-49(21-25)19-24-7-4-10-29(44-24)39(54)50-16-6-11-32(50)40(55)56)26-8-5-9-28(35(26)48(31)2)46-30(34(42)38(53)45-23-14-15-23)17-33(41)47-37(52)22-12-13-22/h4-5,7-10,17-18,22-23,25,31-32,46H,3,6,11-16,19-21,41-42H2,1-2H3,(H,45,53)(H,47,52)(H,55,56)/b33-17+,34-30+. The number of benzene rings is 1. The highest BCUT2D eigenvalue weighted by Crippen LogP contribution is 2.49. The van der Waals surface area contributed by atoms with Gasteiger partial charge in [0.05, 0.1) is 46.7 Å². The summed E-state index contributed by atoms with van der Waals surface area (Å²) in [5.41, 5.74) is 18.8. The molecule has 0 radical (unpaired) electrons. The van der Waals surface area contributed by atoms with Crippen LogP contribution in [0.15, 0.2) is 65.9 Å². The molecule has 8 N–H and O–H groups in total. The zero-order valence-corrected chi connectivity index (χ0v) is 31.7. The zero-order valence-electron chi connectivity index (χ0n) is 31.7. The van der Waals surface area contributed by atoms with Gasteiger partial charge in [-0.25, -0.2) is 9.78 Å². The van der Waals surface area contributed by atoms with E-state index in [9.17, 15) is 24.3 Å². The van der Waals surface area contributed by atoms with Crippen molar-refractivity contribution in [2.75, 3.05) is 36.9 Å². The molecule has 16 nitrogen and oxygen atoms in total. The van der Waals surface area contributed by atoms with Crippen LogP contribution in [0, 0.1) is 5.92 Å². The molecule has 5 aliphatic rings. The second-order valence-electron chi connectivity index (χ2n) is 15.5. The maximum atomic E-state index is 13.2. The van der Waals surface area contributed by atoms with Gasteiger partial charge in [-0.05, 0) is 63.1 Å². The molecule has 1 aromatic carbocycles. The summed E-state index contributed by atoms with van der Waals surface area (Å²) in [6, 6.07) is 10.7. The highest BCUT2D eigenvalue weighted by Gasteiger charge is 2.39. The molecule has 2 atom stereocenters. The number of carboxylic acids is 1. The van der Waals surface area contributed by atoms with Crippen LogP contribution in [0.3, 0.4) is 0 Å². The van der Waals surface area contributed by atoms with Gasteiger partial charge < -0.3 is 42.3 Å². The summed E-state index contributed by atoms with van der Waals surface area (Å²) in [5.74, 6) is -1.82. The number of carbonyl (C=O) groups is 4. The third-order valence-corrected chi connectivity index (χ3v) is 11.4. The molecule has 3 amide bonds. The van der Waals surface area contributed by atoms with Gasteiger partial charge in [-0.15, -0.1) is 0 Å². The predicted molar refractivity (Wildman–Crippen MR) is 208 cm³/mol. The first-order valence-electron chi connectivity index (χ1n) is 19.5. The lowest BCUT2D eigenvalue weighted by atomic mass is 9.91. The number of hydrogen-bond donors (Lipinski definition) is 6. The van der Waals surface area contributed by atoms with Crippen molar-refractivity contribution < 1.29 is 24.3 Å². The van der Waals surface area contributed by atoms with Crippen LogP contribution < -0.4 is 32.3 Å². The molecule has 3 aliphatic heterocycles. The van der Waals surface area contributed by atoms with E-state index in [1.807, 2.05) is 24.4 Å². The summed E-state index contributed by atoms with van der Waals surface area (Å²) < 4.78 is 2.14. The summed E-state index contributed by atoms with van der Waals surface area (Å²) in [5, 5.41) is 23.6. The number of allylic oxidation sites excluding steroid dienone is 1. The fraction of sp³-hybridized carbons (Fsp3) is 0.450. The number of nitrogens with zero attached hydrogens (tertiary/aromatic N) is 6. The van der Waals surface area contributed by atoms with Crippen LogP contribution in [0.1, 0.15) is 85.8 Å². The third kappa shape index (κ3) is 7.28. The first kappa shape index (κ1) is 37.0. The average Bonchev–Trinajstić information content (AvgIpc) is 4.09. The Morgan fingerprint density at radius 3 is 2.48 bits per heavy atom. The van der Waals surface area contributed by atoms with Crippen molar-refractivity contribution in [3.63, 3.8) is 0 Å². The number of amides is 3. The van der Waals surface area contributed by atoms with E-state index in [0.717, 1.165) is 79.1 Å². The predicted octanol–water partition coefficient (Wildman–Crippen LogP) is 2.78. The molecule has 2 unspecified atom stereocenters. The lowest BCUT2D eigenvalue weighted by Gasteiger charge is -2.43. The molecule has 16 heteroatoms. The number of aliphatic carboxylic acids is 1. The molecule has 0 spiro atoms. The van der Waals surface area contributed by atoms with E-state index in [2.05, 4.69) is 55.5 Å². The molecule has 4 fully saturated rings. The molecular formula is C40H49N11O5. The van der Waals surface area contributed by atoms with Crippen LogP contribution in [0.2, 0.25) is 0 Å². The number of carbonyl (C=O) groups excluding carboxylic acids is 3. The average molecular weight is 764 g/mol. The Hall–Kier alpha value is -5.90. The van der Waals surface area contributed by atoms with Gasteiger partial charge >= 0.3 is 5.97 Å². The Morgan fingerprint density at radius 1 is 1.00 bits per heavy atom. The Kier molecular flexibility index (Phi) is 9.91. The molecule has 294 valence electrons. The number of likely N-dealkylation sites (tertiary alicyclic amines) is 2. The number of pyridine rings is 1. The minimum absolute atomic E-state index is 0.0111. The van der Waals surface area contributed by atoms with Gasteiger partial charge in [0.15, 0.2) is 0 Å². The van der Waals surface area contributed by atoms with Gasteiger partial charge in [-0.1, -0.05) is 25.1 Å². The summed E-state index contributed by atoms with van der Waals surface area (Å²) >= 11 is 0. The van der Waals surface area contributed by atoms with E-state index in [0.29, 0.717) is 25.9 Å². The summed E-state index contributed by atoms with van der Waals surface area (Å²) in [6.45, 7) is 4.61. The van der Waals surface area contributed by atoms with E-state index in [4.69, 9.17) is 16.6 Å². The fourth-order valence-electron chi connectivity index (χ4n) is 8.13. The fourth-order valence-corrected chi connectivity index (χ4v) is 8.13. The highest BCUT2D eigenvalue weighted by atomic mass is 16.4. The Labute approximate surface area is 325 Å². The first-order chi connectivity index (χ1) is 27.0. The van der Waals surface area contributed by atoms with Crippen molar-refractivity contribution in [1.29, 1.82) is 0 Å². The van der Waals surface area contributed by atoms with Crippen LogP contribution in [-0.4, -0.2) is 92.1 Å². The summed E-state index contributed by atoms with van der Waals surface area (Å²) in [6.07, 6.45) is 8.84. The van der Waals surface area contributed by atoms with Gasteiger partial charge in [0.25, 0.3) is 11.8 Å². The van der Waals surface area contributed by atoms with Gasteiger partial charge in [0.2, 0.25) is 5.91 Å². The second kappa shape index (κ2) is 15.0. The number of nitrogens with one attached hydrogen (secondary N) is 3. The van der Waals surface area contributed by atoms with Gasteiger partial charge in [-0.2, -0.15) is 5.10 Å². The Morgan fingerprint density at radius 2 is 1.77 bits per heavy atom. The number of aromatic nitrogens is 3. The number of anilines is 2. The minimum Gasteiger partial charge on any atom is -0.480 e. The number of hydrogen-bond acceptors (Lipinski definition) is 11. The van der Waals surface area contributed by atoms with Crippen molar-refractivity contribution in [3.8, 4) is 11.1 Å². The number of carboxylic acid groups (broad SMARTS) is 1. The van der Waals surface area contributed by atoms with Crippen LogP contribution in [0.5, 0.6) is 0 Å². The number of para-hydroxylation sites is 1. The van der Waals surface area contributed by atoms with Crippen molar-refractivity contribution in [3.05, 3.63) is 83.0 Å². The van der Waals surface area contributed by atoms with Crippen molar-refractivity contribution >= 4 is 35.1 Å². The van der Waals surface area contributed by atoms with Gasteiger partial charge in [0, 0.05) is 62.4 Å². The summed E-state index contributed by atoms with van der Waals surface area (Å²) in [4.78, 5) is 61.0. The van der Waals surface area contributed by atoms with Crippen molar-refractivity contribution in [2.45, 2.75) is 82.6 Å². The molecule has 56 heavy (non-hydrogen) atoms. The molecule has 2 saturated heterocycles. The lowest BCUT2D eigenvalue weighted by Crippen LogP contribution is -2.48. The van der Waals surface area contributed by atoms with E-state index >= 15 is 0 Å². The SMILES string of the molecule is CCC1c2c(cnn2C2CN(Cc3cccc(C(=O)N4CCCC4C(=O)O)n3)C2)-c2cccc(NC(/C=C(\N)NC(=O)C3CC3)=C(/N)C(=O)NC3CC3)c2N1C. The van der Waals surface area contributed by atoms with E-state index in [1.165, 1.54) is 11.0 Å². The summed E-state index contributed by atoms with van der Waals surface area (Å²) in [7, 11) is 2.05. The van der Waals surface area contributed by atoms with E-state index in [1.54, 1.807) is 12.1 Å². The van der Waals surface area contributed by atoms with Crippen LogP contribution in [-0.2, 0) is 20.9 Å². The Bertz CT molecular complexity index is 2130. The number of nitrogens with two attached hydrogens (primary N) is 2. The van der Waals surface area contributed by atoms with E-state index < -0.39 is 17.9 Å². The highest BCUT2D eigenvalue weighted by molar-refractivity contribution is 5.97. The molecule has 5 heterocycles. The Balaban J connectivity index is 1.01. The molecule has 3 aromatic rings. The minimum atomic E-state index is -0.983. The topological polar surface area (TPSA) is 217 Å². The smallest absolute Gasteiger partial charge is 0.326 e. The zero-order chi connectivity index (χ0) is 39.2. The molecule has 2 saturated carbocycles. The number of rotatable bonds is 13. The van der Waals surface area contributed by atoms with Crippen molar-refractivity contribution in [2.24, 2.45) is 17.4 Å². The van der Waals surface area contributed by atoms with Crippen LogP contribution >= 0.6 is 0 Å². The van der Waals surface area contributed by atoms with Gasteiger partial charge in [-0.3, -0.25) is 24.0 Å². The monoisotopic (exact) mass is 763 g/mol. The molecular weight excluding hydrogens is 715 g/mol. The number of fused-ring (bicyclic) bond motifs is 3. The molecule has 2 aromatic heterocycles. The quantitative estimate of drug-likeness (QED) is 0.110. The maximum Gasteiger partial charge on any atom is 0.326 e. The molecule has 8 rings (SSSR count). The normalized spacial score (nSPS) is 21.4. The van der Waals surface area contributed by atoms with Gasteiger partial charge in [0.1, 0.15) is 23.3 Å². The second-order valence-corrected chi connectivity index (χ2v) is 15.5. The largest absolute Gasteiger partial charge is 0.480 e. The van der Waals surface area contributed by atoms with Crippen LogP contribution in [0.25, 0.3) is 11.1 Å². The third-order valence-electron chi connectivity index (χ3n) is 11.4. The van der Waals surface area contributed by atoms with Crippen molar-refractivity contribution in [1.82, 2.24) is 35.2 Å². The molecule has 2 aliphatic carbocycles. The molecule has 0 bridgehead atoms. The van der Waals surface area contributed by atoms with E-state index in [-0.39, 0.29) is 58.8 Å². The first-order valence-corrected chi connectivity index (χ1v) is 19.5. The maximum absolute atomic E-state index is 13.2. The lowest BCUT2D eigenvalue weighted by molar-refractivity contribution is -0.141. The van der Waals surface area contributed by atoms with Crippen LogP contribution in [0.4, 0.5) is 11.4 Å².